The summed E-state index contributed by atoms with van der Waals surface area (Å²) < 4.78 is 39.4. The summed E-state index contributed by atoms with van der Waals surface area (Å²) in [5.41, 5.74) is 0.172. The summed E-state index contributed by atoms with van der Waals surface area (Å²) in [5.74, 6) is -2.92. The summed E-state index contributed by atoms with van der Waals surface area (Å²) in [7, 11) is 0. The lowest BCUT2D eigenvalue weighted by Crippen LogP contribution is -2.32. The van der Waals surface area contributed by atoms with Gasteiger partial charge in [-0.25, -0.2) is 0 Å². The Kier molecular flexibility index (Phi) is 5.15. The van der Waals surface area contributed by atoms with E-state index < -0.39 is 35.4 Å². The van der Waals surface area contributed by atoms with Crippen LogP contribution in [0.3, 0.4) is 0 Å². The molecular weight excluding hydrogens is 381 g/mol. The van der Waals surface area contributed by atoms with Gasteiger partial charge < -0.3 is 10.6 Å². The third kappa shape index (κ3) is 3.93. The number of hydrogen-bond donors (Lipinski definition) is 2. The second-order valence-electron chi connectivity index (χ2n) is 6.37. The van der Waals surface area contributed by atoms with Crippen LogP contribution in [-0.4, -0.2) is 18.4 Å². The number of halogens is 4. The van der Waals surface area contributed by atoms with E-state index in [9.17, 15) is 22.8 Å². The van der Waals surface area contributed by atoms with E-state index in [1.165, 1.54) is 12.1 Å². The Hall–Kier alpha value is -2.54. The number of nitrogens with one attached hydrogen (secondary N) is 2. The van der Waals surface area contributed by atoms with Crippen LogP contribution in [0.2, 0.25) is 5.02 Å². The monoisotopic (exact) mass is 396 g/mol. The highest BCUT2D eigenvalue weighted by Gasteiger charge is 2.42. The van der Waals surface area contributed by atoms with Gasteiger partial charge >= 0.3 is 6.18 Å². The van der Waals surface area contributed by atoms with Crippen molar-refractivity contribution in [1.82, 2.24) is 5.32 Å². The standard InChI is InChI=1S/C19H16ClF3N2O2/c1-10-8-11(6-7-14(10)20)12-9-24-17(26)16(12)18(27)25-15-5-3-2-4-13(15)19(21,22)23/h2-8,12,16H,9H2,1H3,(H,24,26)(H,25,27)/t12-,16-/m1/s1. The molecule has 27 heavy (non-hydrogen) atoms. The van der Waals surface area contributed by atoms with Crippen molar-refractivity contribution in [3.05, 3.63) is 64.2 Å². The number of carbonyl (C=O) groups is 2. The molecule has 2 aromatic carbocycles. The molecule has 1 aliphatic heterocycles. The van der Waals surface area contributed by atoms with E-state index in [2.05, 4.69) is 10.6 Å². The quantitative estimate of drug-likeness (QED) is 0.766. The molecule has 0 unspecified atom stereocenters. The van der Waals surface area contributed by atoms with E-state index in [1.807, 2.05) is 0 Å². The number of hydrogen-bond acceptors (Lipinski definition) is 2. The molecule has 0 aromatic heterocycles. The van der Waals surface area contributed by atoms with Crippen LogP contribution in [0.15, 0.2) is 42.5 Å². The van der Waals surface area contributed by atoms with E-state index >= 15 is 0 Å². The highest BCUT2D eigenvalue weighted by Crippen LogP contribution is 2.36. The van der Waals surface area contributed by atoms with Crippen LogP contribution in [0.4, 0.5) is 18.9 Å². The van der Waals surface area contributed by atoms with Crippen molar-refractivity contribution in [2.45, 2.75) is 19.0 Å². The van der Waals surface area contributed by atoms with E-state index in [1.54, 1.807) is 25.1 Å². The van der Waals surface area contributed by atoms with Crippen molar-refractivity contribution in [3.8, 4) is 0 Å². The summed E-state index contributed by atoms with van der Waals surface area (Å²) in [6.07, 6.45) is -4.62. The molecule has 2 aromatic rings. The van der Waals surface area contributed by atoms with E-state index in [0.29, 0.717) is 5.02 Å². The van der Waals surface area contributed by atoms with Gasteiger partial charge in [0.05, 0.1) is 11.3 Å². The molecule has 1 fully saturated rings. The summed E-state index contributed by atoms with van der Waals surface area (Å²) in [6.45, 7) is 2.02. The lowest BCUT2D eigenvalue weighted by molar-refractivity contribution is -0.137. The normalized spacial score (nSPS) is 19.7. The Labute approximate surface area is 158 Å². The van der Waals surface area contributed by atoms with Gasteiger partial charge in [-0.15, -0.1) is 0 Å². The highest BCUT2D eigenvalue weighted by molar-refractivity contribution is 6.31. The number of alkyl halides is 3. The van der Waals surface area contributed by atoms with Crippen molar-refractivity contribution < 1.29 is 22.8 Å². The maximum atomic E-state index is 13.1. The second kappa shape index (κ2) is 7.23. The average molecular weight is 397 g/mol. The summed E-state index contributed by atoms with van der Waals surface area (Å²) >= 11 is 6.01. The molecule has 1 heterocycles. The minimum atomic E-state index is -4.62. The first-order valence-electron chi connectivity index (χ1n) is 8.19. The van der Waals surface area contributed by atoms with Gasteiger partial charge in [0.1, 0.15) is 5.92 Å². The van der Waals surface area contributed by atoms with Crippen LogP contribution in [0.5, 0.6) is 0 Å². The van der Waals surface area contributed by atoms with Crippen molar-refractivity contribution in [3.63, 3.8) is 0 Å². The van der Waals surface area contributed by atoms with Gasteiger partial charge in [0.25, 0.3) is 0 Å². The van der Waals surface area contributed by atoms with Gasteiger partial charge in [0.2, 0.25) is 11.8 Å². The molecular formula is C19H16ClF3N2O2. The minimum absolute atomic E-state index is 0.221. The predicted molar refractivity (Wildman–Crippen MR) is 95.5 cm³/mol. The third-order valence-electron chi connectivity index (χ3n) is 4.56. The number of amides is 2. The predicted octanol–water partition coefficient (Wildman–Crippen LogP) is 4.14. The maximum Gasteiger partial charge on any atom is 0.418 e. The molecule has 2 atom stereocenters. The van der Waals surface area contributed by atoms with Gasteiger partial charge in [-0.3, -0.25) is 9.59 Å². The molecule has 2 amide bonds. The third-order valence-corrected chi connectivity index (χ3v) is 4.99. The molecule has 0 saturated carbocycles. The first-order valence-corrected chi connectivity index (χ1v) is 8.57. The van der Waals surface area contributed by atoms with Gasteiger partial charge in [-0.1, -0.05) is 35.9 Å². The van der Waals surface area contributed by atoms with Crippen molar-refractivity contribution in [2.24, 2.45) is 5.92 Å². The fourth-order valence-electron chi connectivity index (χ4n) is 3.18. The number of aryl methyl sites for hydroxylation is 1. The zero-order chi connectivity index (χ0) is 19.8. The van der Waals surface area contributed by atoms with E-state index in [4.69, 9.17) is 11.6 Å². The van der Waals surface area contributed by atoms with Crippen molar-refractivity contribution in [1.29, 1.82) is 0 Å². The van der Waals surface area contributed by atoms with Crippen LogP contribution in [-0.2, 0) is 15.8 Å². The Morgan fingerprint density at radius 1 is 1.22 bits per heavy atom. The minimum Gasteiger partial charge on any atom is -0.355 e. The Morgan fingerprint density at radius 2 is 1.93 bits per heavy atom. The molecule has 4 nitrogen and oxygen atoms in total. The second-order valence-corrected chi connectivity index (χ2v) is 6.78. The molecule has 2 N–H and O–H groups in total. The first kappa shape index (κ1) is 19.2. The lowest BCUT2D eigenvalue weighted by atomic mass is 9.87. The molecule has 3 rings (SSSR count). The average Bonchev–Trinajstić information content (AvgIpc) is 2.98. The van der Waals surface area contributed by atoms with Crippen LogP contribution in [0, 0.1) is 12.8 Å². The van der Waals surface area contributed by atoms with Crippen LogP contribution in [0.1, 0.15) is 22.6 Å². The summed E-state index contributed by atoms with van der Waals surface area (Å²) in [4.78, 5) is 24.9. The van der Waals surface area contributed by atoms with Gasteiger partial charge in [0, 0.05) is 17.5 Å². The molecule has 1 saturated heterocycles. The summed E-state index contributed by atoms with van der Waals surface area (Å²) in [6, 6.07) is 9.82. The number of anilines is 1. The Balaban J connectivity index is 1.89. The maximum absolute atomic E-state index is 13.1. The largest absolute Gasteiger partial charge is 0.418 e. The van der Waals surface area contributed by atoms with Crippen LogP contribution < -0.4 is 10.6 Å². The molecule has 0 radical (unpaired) electrons. The molecule has 8 heteroatoms. The number of benzene rings is 2. The number of para-hydroxylation sites is 1. The molecule has 1 aliphatic rings. The van der Waals surface area contributed by atoms with E-state index in [-0.39, 0.29) is 12.2 Å². The molecule has 142 valence electrons. The van der Waals surface area contributed by atoms with Crippen molar-refractivity contribution in [2.75, 3.05) is 11.9 Å². The molecule has 0 aliphatic carbocycles. The molecule has 0 bridgehead atoms. The van der Waals surface area contributed by atoms with Gasteiger partial charge in [-0.2, -0.15) is 13.2 Å². The fourth-order valence-corrected chi connectivity index (χ4v) is 3.30. The van der Waals surface area contributed by atoms with Gasteiger partial charge in [0.15, 0.2) is 0 Å². The van der Waals surface area contributed by atoms with E-state index in [0.717, 1.165) is 23.3 Å². The number of rotatable bonds is 3. The fraction of sp³-hybridized carbons (Fsp3) is 0.263. The van der Waals surface area contributed by atoms with Gasteiger partial charge in [-0.05, 0) is 36.2 Å². The first-order chi connectivity index (χ1) is 12.7. The highest BCUT2D eigenvalue weighted by atomic mass is 35.5. The zero-order valence-electron chi connectivity index (χ0n) is 14.2. The van der Waals surface area contributed by atoms with Crippen LogP contribution in [0.25, 0.3) is 0 Å². The Bertz CT molecular complexity index is 899. The summed E-state index contributed by atoms with van der Waals surface area (Å²) in [5, 5.41) is 5.43. The smallest absolute Gasteiger partial charge is 0.355 e. The lowest BCUT2D eigenvalue weighted by Gasteiger charge is -2.19. The van der Waals surface area contributed by atoms with Crippen LogP contribution >= 0.6 is 11.6 Å². The number of carbonyl (C=O) groups excluding carboxylic acids is 2. The Morgan fingerprint density at radius 3 is 2.59 bits per heavy atom. The van der Waals surface area contributed by atoms with Crippen molar-refractivity contribution >= 4 is 29.1 Å². The topological polar surface area (TPSA) is 58.2 Å². The zero-order valence-corrected chi connectivity index (χ0v) is 15.0. The SMILES string of the molecule is Cc1cc([C@H]2CNC(=O)[C@@H]2C(=O)Nc2ccccc2C(F)(F)F)ccc1Cl. The molecule has 0 spiro atoms.